The van der Waals surface area contributed by atoms with E-state index in [9.17, 15) is 24.0 Å². The van der Waals surface area contributed by atoms with E-state index in [1.807, 2.05) is 88.1 Å². The van der Waals surface area contributed by atoms with Gasteiger partial charge in [-0.3, -0.25) is 24.0 Å². The SMILES string of the molecule is C=C(CC)N(C)CCOC.CCC(=O)N(C)C.CCC(=O)N(CC)CC.CCC(=O)NC.CCC(N)=O.CCC[C@@H](O)CO.CCC[C@H](O)CO.CCNC(=O)CC.CC[C@@H](O)CO.CC[C@H](O)CO. The molecule has 0 heterocycles. The van der Waals surface area contributed by atoms with Crippen LogP contribution in [0.25, 0.3) is 0 Å². The van der Waals surface area contributed by atoms with Crippen molar-refractivity contribution in [3.05, 3.63) is 12.3 Å². The highest BCUT2D eigenvalue weighted by atomic mass is 16.5. The van der Waals surface area contributed by atoms with Crippen LogP contribution >= 0.6 is 0 Å². The molecule has 20 heteroatoms. The Hall–Kier alpha value is -3.47. The van der Waals surface area contributed by atoms with Crippen LogP contribution < -0.4 is 16.4 Å². The van der Waals surface area contributed by atoms with Crippen molar-refractivity contribution in [3.63, 3.8) is 0 Å². The van der Waals surface area contributed by atoms with Gasteiger partial charge >= 0.3 is 0 Å². The van der Waals surface area contributed by atoms with E-state index in [4.69, 9.17) is 45.6 Å². The summed E-state index contributed by atoms with van der Waals surface area (Å²) < 4.78 is 4.92. The molecule has 0 radical (unpaired) electrons. The van der Waals surface area contributed by atoms with Crippen LogP contribution in [0.2, 0.25) is 0 Å². The van der Waals surface area contributed by atoms with Gasteiger partial charge in [0.2, 0.25) is 29.5 Å². The molecule has 0 aromatic carbocycles. The van der Waals surface area contributed by atoms with Crippen LogP contribution in [0, 0.1) is 0 Å². The van der Waals surface area contributed by atoms with E-state index in [2.05, 4.69) is 34.8 Å². The summed E-state index contributed by atoms with van der Waals surface area (Å²) in [4.78, 5) is 56.8. The lowest BCUT2D eigenvalue weighted by Crippen LogP contribution is -2.29. The number of aliphatic hydroxyl groups excluding tert-OH is 8. The predicted octanol–water partition coefficient (Wildman–Crippen LogP) is 3.57. The highest BCUT2D eigenvalue weighted by Crippen LogP contribution is 2.01. The van der Waals surface area contributed by atoms with Crippen molar-refractivity contribution < 1.29 is 69.6 Å². The quantitative estimate of drug-likeness (QED) is 0.0697. The monoisotopic (exact) mass is 1020 g/mol. The molecular formula is C50H114N6O14. The number of amides is 5. The number of allylic oxidation sites excluding steroid dienone is 1. The third-order valence-corrected chi connectivity index (χ3v) is 8.47. The Bertz CT molecular complexity index is 1040. The van der Waals surface area contributed by atoms with Gasteiger partial charge in [0, 0.05) is 99.3 Å². The van der Waals surface area contributed by atoms with Gasteiger partial charge in [-0.15, -0.1) is 0 Å². The molecule has 0 aliphatic carbocycles. The molecule has 0 aromatic heterocycles. The molecule has 0 rings (SSSR count). The van der Waals surface area contributed by atoms with Gasteiger partial charge in [-0.05, 0) is 52.9 Å². The molecule has 4 atom stereocenters. The molecule has 428 valence electrons. The van der Waals surface area contributed by atoms with Crippen molar-refractivity contribution in [2.45, 2.75) is 191 Å². The van der Waals surface area contributed by atoms with Gasteiger partial charge in [-0.25, -0.2) is 0 Å². The first kappa shape index (κ1) is 89.4. The van der Waals surface area contributed by atoms with Crippen molar-refractivity contribution in [3.8, 4) is 0 Å². The van der Waals surface area contributed by atoms with Crippen molar-refractivity contribution in [2.75, 3.05) is 94.5 Å². The van der Waals surface area contributed by atoms with E-state index < -0.39 is 24.4 Å². The lowest BCUT2D eigenvalue weighted by atomic mass is 10.2. The number of nitrogens with two attached hydrogens (primary N) is 1. The smallest absolute Gasteiger partial charge is 0.222 e. The van der Waals surface area contributed by atoms with Gasteiger partial charge in [-0.2, -0.15) is 0 Å². The highest BCUT2D eigenvalue weighted by molar-refractivity contribution is 5.76. The molecule has 0 aliphatic heterocycles. The maximum Gasteiger partial charge on any atom is 0.222 e. The number of carbonyl (C=O) groups is 5. The zero-order valence-corrected chi connectivity index (χ0v) is 47.8. The Kier molecular flexibility index (Phi) is 98.3. The molecule has 12 N–H and O–H groups in total. The van der Waals surface area contributed by atoms with Crippen LogP contribution in [-0.2, 0) is 28.7 Å². The number of likely N-dealkylation sites (N-methyl/N-ethyl adjacent to an activating group) is 1. The van der Waals surface area contributed by atoms with E-state index in [1.165, 1.54) is 0 Å². The maximum atomic E-state index is 10.9. The van der Waals surface area contributed by atoms with Crippen molar-refractivity contribution in [1.29, 1.82) is 0 Å². The molecule has 0 aromatic rings. The van der Waals surface area contributed by atoms with Gasteiger partial charge in [-0.1, -0.05) is 88.7 Å². The number of primary amides is 1. The summed E-state index contributed by atoms with van der Waals surface area (Å²) in [7, 11) is 8.89. The number of rotatable bonds is 23. The molecule has 0 fully saturated rings. The van der Waals surface area contributed by atoms with E-state index in [0.29, 0.717) is 57.8 Å². The standard InChI is InChI=1S/C8H17NO.C7H15NO.2C5H11NO.2C5H12O2.C4H9NO.2C4H10O2.C3H7NO/c1-5-8(2)9(3)6-7-10-4;1-4-7(9)8(5-2)6-3;1-4-5(7)6(2)3;1-3-5(7)6-4-2;2*1-2-3-5(7)4-6;1-3-4(6)5-2;2*1-2-4(6)3-5;1-2-3(4)5/h2,5-7H2,1,3-4H3;4-6H2,1-3H3;4H2,1-3H3;3-4H2,1-2H3,(H,6,7);2*5-7H,2-4H2,1H3;3H2,1-2H3,(H,5,6);2*4-6H,2-3H2,1H3;2H2,1H3,(H2,4,5)/t;;;;2*5-;;2*4-;/m....10.10./s1. The second-order valence-corrected chi connectivity index (χ2v) is 14.8. The lowest BCUT2D eigenvalue weighted by Gasteiger charge is -2.19. The van der Waals surface area contributed by atoms with Crippen LogP contribution in [0.4, 0.5) is 0 Å². The number of hydrogen-bond donors (Lipinski definition) is 11. The van der Waals surface area contributed by atoms with Crippen LogP contribution in [0.15, 0.2) is 12.3 Å². The van der Waals surface area contributed by atoms with Crippen LogP contribution in [0.3, 0.4) is 0 Å². The maximum absolute atomic E-state index is 10.9. The first-order valence-corrected chi connectivity index (χ1v) is 25.1. The number of hydrogen-bond acceptors (Lipinski definition) is 15. The molecule has 0 unspecified atom stereocenters. The van der Waals surface area contributed by atoms with Gasteiger partial charge in [0.05, 0.1) is 57.5 Å². The van der Waals surface area contributed by atoms with E-state index in [0.717, 1.165) is 57.7 Å². The molecule has 0 spiro atoms. The predicted molar refractivity (Wildman–Crippen MR) is 287 cm³/mol. The second-order valence-electron chi connectivity index (χ2n) is 14.8. The summed E-state index contributed by atoms with van der Waals surface area (Å²) in [6.07, 6.45) is 6.40. The fraction of sp³-hybridized carbons (Fsp3) is 0.860. The normalized spacial score (nSPS) is 10.7. The van der Waals surface area contributed by atoms with Crippen LogP contribution in [-0.4, -0.2) is 204 Å². The Morgan fingerprint density at radius 3 is 1.03 bits per heavy atom. The molecule has 0 saturated heterocycles. The van der Waals surface area contributed by atoms with Gasteiger partial charge < -0.3 is 76.7 Å². The Labute approximate surface area is 427 Å². The summed E-state index contributed by atoms with van der Waals surface area (Å²) in [5.74, 6) is 0.405. The molecule has 70 heavy (non-hydrogen) atoms. The molecule has 0 aliphatic rings. The van der Waals surface area contributed by atoms with Gasteiger partial charge in [0.1, 0.15) is 0 Å². The third kappa shape index (κ3) is 98.1. The zero-order chi connectivity index (χ0) is 57.5. The number of ether oxygens (including phenoxy) is 1. The topological polar surface area (TPSA) is 316 Å². The minimum atomic E-state index is -0.509. The highest BCUT2D eigenvalue weighted by Gasteiger charge is 2.04. The zero-order valence-electron chi connectivity index (χ0n) is 47.8. The summed E-state index contributed by atoms with van der Waals surface area (Å²) in [5, 5.41) is 71.8. The fourth-order valence-corrected chi connectivity index (χ4v) is 3.38. The van der Waals surface area contributed by atoms with Crippen LogP contribution in [0.5, 0.6) is 0 Å². The number of nitrogens with zero attached hydrogens (tertiary/aromatic N) is 3. The fourth-order valence-electron chi connectivity index (χ4n) is 3.38. The number of nitrogens with one attached hydrogen (secondary N) is 2. The molecule has 20 nitrogen and oxygen atoms in total. The first-order valence-electron chi connectivity index (χ1n) is 25.1. The number of methoxy groups -OCH3 is 1. The minimum absolute atomic E-state index is 0.0926. The average Bonchev–Trinajstić information content (AvgIpc) is 3.38. The van der Waals surface area contributed by atoms with Gasteiger partial charge in [0.25, 0.3) is 0 Å². The lowest BCUT2D eigenvalue weighted by molar-refractivity contribution is -0.130. The average molecular weight is 1020 g/mol. The largest absolute Gasteiger partial charge is 0.394 e. The Morgan fingerprint density at radius 2 is 0.929 bits per heavy atom. The summed E-state index contributed by atoms with van der Waals surface area (Å²) in [6, 6.07) is 0. The van der Waals surface area contributed by atoms with Crippen LogP contribution in [0.1, 0.15) is 167 Å². The number of aliphatic hydroxyl groups is 8. The number of carbonyl (C=O) groups excluding carboxylic acids is 5. The second kappa shape index (κ2) is 77.0. The summed E-state index contributed by atoms with van der Waals surface area (Å²) >= 11 is 0. The van der Waals surface area contributed by atoms with E-state index >= 15 is 0 Å². The Balaban J connectivity index is -0.0000000719. The minimum Gasteiger partial charge on any atom is -0.394 e. The van der Waals surface area contributed by atoms with Gasteiger partial charge in [0.15, 0.2) is 0 Å². The Morgan fingerprint density at radius 1 is 0.571 bits per heavy atom. The van der Waals surface area contributed by atoms with E-state index in [-0.39, 0.29) is 56.0 Å². The van der Waals surface area contributed by atoms with E-state index in [1.54, 1.807) is 40.1 Å². The molecular weight excluding hydrogens is 909 g/mol. The molecule has 0 saturated carbocycles. The molecule has 0 bridgehead atoms. The summed E-state index contributed by atoms with van der Waals surface area (Å²) in [5.41, 5.74) is 5.82. The van der Waals surface area contributed by atoms with Crippen molar-refractivity contribution in [1.82, 2.24) is 25.3 Å². The first-order chi connectivity index (χ1) is 32.8. The van der Waals surface area contributed by atoms with Crippen molar-refractivity contribution in [2.24, 2.45) is 5.73 Å². The third-order valence-electron chi connectivity index (χ3n) is 8.47. The molecule has 5 amide bonds. The van der Waals surface area contributed by atoms with Crippen molar-refractivity contribution >= 4 is 29.5 Å². The summed E-state index contributed by atoms with van der Waals surface area (Å²) in [6.45, 7) is 32.3.